The number of aromatic nitrogens is 2. The van der Waals surface area contributed by atoms with E-state index in [2.05, 4.69) is 94.6 Å². The molecule has 0 saturated heterocycles. The fourth-order valence-corrected chi connectivity index (χ4v) is 3.87. The summed E-state index contributed by atoms with van der Waals surface area (Å²) in [6, 6.07) is 15.3. The lowest BCUT2D eigenvalue weighted by Crippen LogP contribution is -2.17. The Hall–Kier alpha value is -3.63. The molecule has 1 heterocycles. The zero-order valence-corrected chi connectivity index (χ0v) is 21.8. The number of anilines is 1. The average Bonchev–Trinajstić information content (AvgIpc) is 3.14. The summed E-state index contributed by atoms with van der Waals surface area (Å²) in [5, 5.41) is 11.1. The van der Waals surface area contributed by atoms with Gasteiger partial charge in [0.2, 0.25) is 0 Å². The molecule has 3 aromatic rings. The fraction of sp³-hybridized carbons (Fsp3) is 0.367. The van der Waals surface area contributed by atoms with Gasteiger partial charge < -0.3 is 15.0 Å². The van der Waals surface area contributed by atoms with E-state index in [1.165, 1.54) is 0 Å². The van der Waals surface area contributed by atoms with Crippen molar-refractivity contribution in [1.82, 2.24) is 9.97 Å². The van der Waals surface area contributed by atoms with Crippen molar-refractivity contribution >= 4 is 5.69 Å². The minimum atomic E-state index is -0.196. The van der Waals surface area contributed by atoms with E-state index in [1.807, 2.05) is 31.0 Å². The standard InChI is InChI=1S/C30H35N3O/c1-10-11-12-17-33(9)23-15-13-21(14-16-23)26-20(2)31-28(32-26)22-18-24(29(3,4)5)27(34)25(19-22)30(6,7)8/h13-16,18-19,34H,1-9H3,(H,31,32). The number of phenols is 1. The Morgan fingerprint density at radius 2 is 1.44 bits per heavy atom. The molecule has 2 N–H and O–H groups in total. The molecule has 0 unspecified atom stereocenters. The van der Waals surface area contributed by atoms with Crippen LogP contribution < -0.4 is 4.90 Å². The molecule has 176 valence electrons. The molecular weight excluding hydrogens is 418 g/mol. The van der Waals surface area contributed by atoms with E-state index in [1.54, 1.807) is 6.92 Å². The number of nitrogens with zero attached hydrogens (tertiary/aromatic N) is 2. The maximum Gasteiger partial charge on any atom is 0.138 e. The molecule has 0 spiro atoms. The first-order valence-electron chi connectivity index (χ1n) is 11.5. The molecule has 0 aliphatic carbocycles. The maximum atomic E-state index is 11.1. The molecule has 1 aromatic heterocycles. The molecule has 0 radical (unpaired) electrons. The van der Waals surface area contributed by atoms with Crippen LogP contribution in [0.5, 0.6) is 5.75 Å². The van der Waals surface area contributed by atoms with Crippen molar-refractivity contribution < 1.29 is 5.11 Å². The second-order valence-electron chi connectivity index (χ2n) is 10.7. The summed E-state index contributed by atoms with van der Waals surface area (Å²) in [4.78, 5) is 10.3. The van der Waals surface area contributed by atoms with Gasteiger partial charge in [-0.25, -0.2) is 4.98 Å². The molecule has 0 amide bonds. The lowest BCUT2D eigenvalue weighted by molar-refractivity contribution is 0.423. The summed E-state index contributed by atoms with van der Waals surface area (Å²) in [6.45, 7) is 16.5. The molecule has 4 heteroatoms. The first kappa shape index (κ1) is 25.0. The second-order valence-corrected chi connectivity index (χ2v) is 10.7. The highest BCUT2D eigenvalue weighted by atomic mass is 16.3. The van der Waals surface area contributed by atoms with Crippen LogP contribution in [0.3, 0.4) is 0 Å². The van der Waals surface area contributed by atoms with Gasteiger partial charge in [-0.05, 0) is 54.9 Å². The molecule has 0 atom stereocenters. The van der Waals surface area contributed by atoms with Crippen molar-refractivity contribution in [2.24, 2.45) is 0 Å². The van der Waals surface area contributed by atoms with Crippen LogP contribution in [0.25, 0.3) is 22.6 Å². The number of aromatic hydroxyl groups is 1. The van der Waals surface area contributed by atoms with Crippen molar-refractivity contribution in [2.75, 3.05) is 11.9 Å². The van der Waals surface area contributed by atoms with Crippen LogP contribution in [0, 0.1) is 30.7 Å². The first-order valence-corrected chi connectivity index (χ1v) is 11.5. The monoisotopic (exact) mass is 453 g/mol. The van der Waals surface area contributed by atoms with Crippen LogP contribution in [0.1, 0.15) is 65.3 Å². The number of imidazole rings is 1. The summed E-state index contributed by atoms with van der Waals surface area (Å²) in [6.07, 6.45) is 0. The second kappa shape index (κ2) is 9.32. The molecular formula is C30H35N3O. The lowest BCUT2D eigenvalue weighted by Gasteiger charge is -2.28. The van der Waals surface area contributed by atoms with E-state index in [4.69, 9.17) is 4.98 Å². The molecule has 34 heavy (non-hydrogen) atoms. The third-order valence-corrected chi connectivity index (χ3v) is 5.82. The van der Waals surface area contributed by atoms with Gasteiger partial charge in [0.25, 0.3) is 0 Å². The number of H-pyrrole nitrogens is 1. The van der Waals surface area contributed by atoms with Gasteiger partial charge in [0.15, 0.2) is 0 Å². The molecule has 3 rings (SSSR count). The van der Waals surface area contributed by atoms with Crippen molar-refractivity contribution in [3.63, 3.8) is 0 Å². The van der Waals surface area contributed by atoms with Gasteiger partial charge >= 0.3 is 0 Å². The molecule has 0 fully saturated rings. The molecule has 0 bridgehead atoms. The Balaban J connectivity index is 2.04. The highest BCUT2D eigenvalue weighted by molar-refractivity contribution is 5.71. The number of rotatable bonds is 3. The van der Waals surface area contributed by atoms with Crippen LogP contribution in [0.15, 0.2) is 36.4 Å². The van der Waals surface area contributed by atoms with Gasteiger partial charge in [-0.2, -0.15) is 0 Å². The summed E-state index contributed by atoms with van der Waals surface area (Å²) in [5.74, 6) is 9.54. The zero-order chi connectivity index (χ0) is 25.3. The van der Waals surface area contributed by atoms with E-state index in [0.717, 1.165) is 45.2 Å². The highest BCUT2D eigenvalue weighted by Gasteiger charge is 2.27. The third kappa shape index (κ3) is 5.29. The van der Waals surface area contributed by atoms with Gasteiger partial charge in [-0.15, -0.1) is 0 Å². The van der Waals surface area contributed by atoms with Crippen LogP contribution in [0.2, 0.25) is 0 Å². The maximum absolute atomic E-state index is 11.1. The van der Waals surface area contributed by atoms with Gasteiger partial charge in [0.05, 0.1) is 5.69 Å². The number of benzene rings is 2. The summed E-state index contributed by atoms with van der Waals surface area (Å²) < 4.78 is 0. The first-order chi connectivity index (χ1) is 15.8. The fourth-order valence-electron chi connectivity index (χ4n) is 3.87. The van der Waals surface area contributed by atoms with Gasteiger partial charge in [0.1, 0.15) is 11.6 Å². The predicted molar refractivity (Wildman–Crippen MR) is 143 cm³/mol. The third-order valence-electron chi connectivity index (χ3n) is 5.82. The predicted octanol–water partition coefficient (Wildman–Crippen LogP) is 6.77. The minimum Gasteiger partial charge on any atom is -0.507 e. The van der Waals surface area contributed by atoms with E-state index < -0.39 is 0 Å². The SMILES string of the molecule is CC#CC#CN(C)c1ccc(-c2nc(-c3cc(C(C)(C)C)c(O)c(C(C)(C)C)c3)[nH]c2C)cc1. The lowest BCUT2D eigenvalue weighted by atomic mass is 9.78. The van der Waals surface area contributed by atoms with Crippen molar-refractivity contribution in [2.45, 2.75) is 66.2 Å². The van der Waals surface area contributed by atoms with E-state index in [0.29, 0.717) is 5.75 Å². The molecule has 4 nitrogen and oxygen atoms in total. The van der Waals surface area contributed by atoms with Crippen molar-refractivity contribution in [3.05, 3.63) is 53.2 Å². The number of aryl methyl sites for hydroxylation is 1. The van der Waals surface area contributed by atoms with E-state index in [-0.39, 0.29) is 10.8 Å². The number of phenolic OH excluding ortho intramolecular Hbond substituents is 1. The van der Waals surface area contributed by atoms with Gasteiger partial charge in [0, 0.05) is 52.6 Å². The Labute approximate surface area is 204 Å². The van der Waals surface area contributed by atoms with E-state index in [9.17, 15) is 5.11 Å². The Morgan fingerprint density at radius 1 is 0.882 bits per heavy atom. The normalized spacial score (nSPS) is 11.3. The molecule has 2 aromatic carbocycles. The van der Waals surface area contributed by atoms with Crippen LogP contribution in [-0.4, -0.2) is 22.1 Å². The Morgan fingerprint density at radius 3 is 1.94 bits per heavy atom. The van der Waals surface area contributed by atoms with Crippen molar-refractivity contribution in [1.29, 1.82) is 0 Å². The smallest absolute Gasteiger partial charge is 0.138 e. The quantitative estimate of drug-likeness (QED) is 0.340. The largest absolute Gasteiger partial charge is 0.507 e. The molecule has 0 aliphatic rings. The Kier molecular flexibility index (Phi) is 6.85. The summed E-state index contributed by atoms with van der Waals surface area (Å²) in [5.41, 5.74) is 6.36. The summed E-state index contributed by atoms with van der Waals surface area (Å²) >= 11 is 0. The highest BCUT2D eigenvalue weighted by Crippen LogP contribution is 2.42. The number of hydrogen-bond acceptors (Lipinski definition) is 3. The minimum absolute atomic E-state index is 0.196. The van der Waals surface area contributed by atoms with Crippen molar-refractivity contribution in [3.8, 4) is 52.2 Å². The zero-order valence-electron chi connectivity index (χ0n) is 21.8. The summed E-state index contributed by atoms with van der Waals surface area (Å²) in [7, 11) is 1.92. The average molecular weight is 454 g/mol. The number of hydrogen-bond donors (Lipinski definition) is 2. The number of aromatic amines is 1. The van der Waals surface area contributed by atoms with Gasteiger partial charge in [-0.1, -0.05) is 59.6 Å². The van der Waals surface area contributed by atoms with E-state index >= 15 is 0 Å². The van der Waals surface area contributed by atoms with Crippen LogP contribution in [0.4, 0.5) is 5.69 Å². The van der Waals surface area contributed by atoms with Crippen LogP contribution >= 0.6 is 0 Å². The topological polar surface area (TPSA) is 52.1 Å². The van der Waals surface area contributed by atoms with Gasteiger partial charge in [-0.3, -0.25) is 0 Å². The molecule has 0 saturated carbocycles. The Bertz CT molecular complexity index is 1270. The number of nitrogens with one attached hydrogen (secondary N) is 1. The molecule has 0 aliphatic heterocycles. The van der Waals surface area contributed by atoms with Crippen LogP contribution in [-0.2, 0) is 10.8 Å².